The summed E-state index contributed by atoms with van der Waals surface area (Å²) in [6, 6.07) is 6.30. The molecule has 21 heavy (non-hydrogen) atoms. The lowest BCUT2D eigenvalue weighted by Crippen LogP contribution is -2.35. The molecule has 0 aromatic heterocycles. The summed E-state index contributed by atoms with van der Waals surface area (Å²) in [4.78, 5) is 23.1. The van der Waals surface area contributed by atoms with Gasteiger partial charge in [-0.1, -0.05) is 18.2 Å². The summed E-state index contributed by atoms with van der Waals surface area (Å²) in [6.45, 7) is 9.08. The van der Waals surface area contributed by atoms with E-state index in [1.54, 1.807) is 39.0 Å². The van der Waals surface area contributed by atoms with E-state index in [-0.39, 0.29) is 6.10 Å². The van der Waals surface area contributed by atoms with E-state index in [1.807, 2.05) is 19.9 Å². The fourth-order valence-corrected chi connectivity index (χ4v) is 1.72. The van der Waals surface area contributed by atoms with Gasteiger partial charge in [0, 0.05) is 5.56 Å². The summed E-state index contributed by atoms with van der Waals surface area (Å²) in [5, 5.41) is 2.54. The van der Waals surface area contributed by atoms with E-state index in [0.29, 0.717) is 17.6 Å². The van der Waals surface area contributed by atoms with Crippen LogP contribution in [0.15, 0.2) is 24.3 Å². The van der Waals surface area contributed by atoms with E-state index in [4.69, 9.17) is 9.47 Å². The van der Waals surface area contributed by atoms with Crippen molar-refractivity contribution < 1.29 is 19.1 Å². The maximum atomic E-state index is 11.8. The fraction of sp³-hybridized carbons (Fsp3) is 0.500. The van der Waals surface area contributed by atoms with Gasteiger partial charge in [-0.05, 0) is 40.7 Å². The smallest absolute Gasteiger partial charge is 0.408 e. The molecule has 1 rings (SSSR count). The molecule has 1 N–H and O–H groups in total. The van der Waals surface area contributed by atoms with E-state index in [2.05, 4.69) is 5.32 Å². The lowest BCUT2D eigenvalue weighted by molar-refractivity contribution is -0.109. The largest absolute Gasteiger partial charge is 0.491 e. The molecule has 0 radical (unpaired) electrons. The van der Waals surface area contributed by atoms with Gasteiger partial charge in [-0.3, -0.25) is 0 Å². The zero-order valence-corrected chi connectivity index (χ0v) is 13.2. The number of benzene rings is 1. The van der Waals surface area contributed by atoms with Crippen LogP contribution in [0.5, 0.6) is 5.75 Å². The molecule has 0 aliphatic heterocycles. The van der Waals surface area contributed by atoms with Crippen LogP contribution in [0.3, 0.4) is 0 Å². The van der Waals surface area contributed by atoms with Gasteiger partial charge in [-0.2, -0.15) is 0 Å². The number of aldehydes is 1. The number of ether oxygens (including phenoxy) is 2. The number of nitrogens with one attached hydrogen (secondary N) is 1. The van der Waals surface area contributed by atoms with E-state index in [0.717, 1.165) is 0 Å². The molecule has 0 spiro atoms. The number of amides is 1. The summed E-state index contributed by atoms with van der Waals surface area (Å²) in [5.74, 6) is 0.570. The van der Waals surface area contributed by atoms with Gasteiger partial charge in [-0.15, -0.1) is 0 Å². The maximum absolute atomic E-state index is 11.8. The summed E-state index contributed by atoms with van der Waals surface area (Å²) < 4.78 is 10.8. The minimum atomic E-state index is -0.810. The Balaban J connectivity index is 2.90. The zero-order chi connectivity index (χ0) is 16.0. The van der Waals surface area contributed by atoms with Gasteiger partial charge in [0.05, 0.1) is 6.10 Å². The van der Waals surface area contributed by atoms with Crippen molar-refractivity contribution >= 4 is 12.4 Å². The molecule has 0 saturated heterocycles. The third kappa shape index (κ3) is 5.85. The van der Waals surface area contributed by atoms with Gasteiger partial charge < -0.3 is 19.6 Å². The Morgan fingerprint density at radius 1 is 1.24 bits per heavy atom. The van der Waals surface area contributed by atoms with Crippen molar-refractivity contribution in [2.45, 2.75) is 52.4 Å². The summed E-state index contributed by atoms with van der Waals surface area (Å²) in [5.41, 5.74) is -0.0158. The van der Waals surface area contributed by atoms with Crippen LogP contribution < -0.4 is 10.1 Å². The number of hydrogen-bond acceptors (Lipinski definition) is 4. The standard InChI is InChI=1S/C16H23NO4/c1-11(2)20-14-9-7-6-8-12(14)13(10-18)17-15(19)21-16(3,4)5/h6-11,13H,1-5H3,(H,17,19). The molecular weight excluding hydrogens is 270 g/mol. The molecule has 116 valence electrons. The number of para-hydroxylation sites is 1. The van der Waals surface area contributed by atoms with Crippen LogP contribution in [0.2, 0.25) is 0 Å². The van der Waals surface area contributed by atoms with E-state index >= 15 is 0 Å². The van der Waals surface area contributed by atoms with Gasteiger partial charge in [-0.25, -0.2) is 4.79 Å². The minimum absolute atomic E-state index is 0.0278. The Bertz CT molecular complexity index is 491. The second-order valence-corrected chi connectivity index (χ2v) is 5.96. The van der Waals surface area contributed by atoms with E-state index in [9.17, 15) is 9.59 Å². The molecule has 1 amide bonds. The van der Waals surface area contributed by atoms with Gasteiger partial charge in [0.2, 0.25) is 0 Å². The first-order chi connectivity index (χ1) is 9.73. The highest BCUT2D eigenvalue weighted by Crippen LogP contribution is 2.25. The SMILES string of the molecule is CC(C)Oc1ccccc1C(C=O)NC(=O)OC(C)(C)C. The molecule has 0 bridgehead atoms. The lowest BCUT2D eigenvalue weighted by atomic mass is 10.1. The molecule has 0 saturated carbocycles. The van der Waals surface area contributed by atoms with Crippen molar-refractivity contribution in [2.24, 2.45) is 0 Å². The van der Waals surface area contributed by atoms with Crippen molar-refractivity contribution in [3.8, 4) is 5.75 Å². The molecule has 0 aliphatic carbocycles. The second-order valence-electron chi connectivity index (χ2n) is 5.96. The first kappa shape index (κ1) is 17.0. The summed E-state index contributed by atoms with van der Waals surface area (Å²) >= 11 is 0. The van der Waals surface area contributed by atoms with Gasteiger partial charge in [0.15, 0.2) is 0 Å². The Hall–Kier alpha value is -2.04. The van der Waals surface area contributed by atoms with Gasteiger partial charge >= 0.3 is 6.09 Å². The Morgan fingerprint density at radius 2 is 1.86 bits per heavy atom. The quantitative estimate of drug-likeness (QED) is 0.846. The fourth-order valence-electron chi connectivity index (χ4n) is 1.72. The van der Waals surface area contributed by atoms with Crippen LogP contribution in [0, 0.1) is 0 Å². The van der Waals surface area contributed by atoms with Gasteiger partial charge in [0.25, 0.3) is 0 Å². The number of carbonyl (C=O) groups excluding carboxylic acids is 2. The maximum Gasteiger partial charge on any atom is 0.408 e. The molecule has 0 aliphatic rings. The number of hydrogen-bond donors (Lipinski definition) is 1. The highest BCUT2D eigenvalue weighted by Gasteiger charge is 2.22. The molecule has 5 nitrogen and oxygen atoms in total. The van der Waals surface area contributed by atoms with Crippen LogP contribution in [0.1, 0.15) is 46.2 Å². The molecule has 0 fully saturated rings. The van der Waals surface area contributed by atoms with Gasteiger partial charge in [0.1, 0.15) is 23.7 Å². The first-order valence-electron chi connectivity index (χ1n) is 6.93. The second kappa shape index (κ2) is 7.11. The zero-order valence-electron chi connectivity index (χ0n) is 13.2. The average molecular weight is 293 g/mol. The number of rotatable bonds is 5. The van der Waals surface area contributed by atoms with Crippen LogP contribution in [-0.4, -0.2) is 24.1 Å². The highest BCUT2D eigenvalue weighted by atomic mass is 16.6. The summed E-state index contributed by atoms with van der Waals surface area (Å²) in [6.07, 6.45) is -0.00849. The first-order valence-corrected chi connectivity index (χ1v) is 6.93. The third-order valence-electron chi connectivity index (χ3n) is 2.43. The van der Waals surface area contributed by atoms with Crippen molar-refractivity contribution in [3.05, 3.63) is 29.8 Å². The Morgan fingerprint density at radius 3 is 2.38 bits per heavy atom. The Labute approximate surface area is 125 Å². The van der Waals surface area contributed by atoms with Crippen molar-refractivity contribution in [1.82, 2.24) is 5.32 Å². The molecule has 1 unspecified atom stereocenters. The van der Waals surface area contributed by atoms with Crippen LogP contribution >= 0.6 is 0 Å². The molecular formula is C16H23NO4. The monoisotopic (exact) mass is 293 g/mol. The third-order valence-corrected chi connectivity index (χ3v) is 2.43. The average Bonchev–Trinajstić information content (AvgIpc) is 2.34. The number of alkyl carbamates (subject to hydrolysis) is 1. The van der Waals surface area contributed by atoms with Crippen LogP contribution in [0.25, 0.3) is 0 Å². The lowest BCUT2D eigenvalue weighted by Gasteiger charge is -2.23. The van der Waals surface area contributed by atoms with E-state index in [1.165, 1.54) is 0 Å². The normalized spacial score (nSPS) is 12.7. The predicted octanol–water partition coefficient (Wildman–Crippen LogP) is 3.24. The molecule has 0 heterocycles. The topological polar surface area (TPSA) is 64.6 Å². The molecule has 1 atom stereocenters. The van der Waals surface area contributed by atoms with Crippen LogP contribution in [-0.2, 0) is 9.53 Å². The Kier molecular flexibility index (Phi) is 5.76. The predicted molar refractivity (Wildman–Crippen MR) is 80.4 cm³/mol. The van der Waals surface area contributed by atoms with E-state index < -0.39 is 17.7 Å². The molecule has 1 aromatic rings. The highest BCUT2D eigenvalue weighted by molar-refractivity contribution is 5.75. The van der Waals surface area contributed by atoms with Crippen molar-refractivity contribution in [1.29, 1.82) is 0 Å². The molecule has 5 heteroatoms. The van der Waals surface area contributed by atoms with Crippen molar-refractivity contribution in [2.75, 3.05) is 0 Å². The van der Waals surface area contributed by atoms with Crippen LogP contribution in [0.4, 0.5) is 4.79 Å². The minimum Gasteiger partial charge on any atom is -0.491 e. The number of carbonyl (C=O) groups is 2. The summed E-state index contributed by atoms with van der Waals surface area (Å²) in [7, 11) is 0. The van der Waals surface area contributed by atoms with Crippen molar-refractivity contribution in [3.63, 3.8) is 0 Å². The molecule has 1 aromatic carbocycles.